The first-order valence-corrected chi connectivity index (χ1v) is 7.26. The Bertz CT molecular complexity index is 623. The lowest BCUT2D eigenvalue weighted by atomic mass is 9.80. The van der Waals surface area contributed by atoms with Crippen LogP contribution in [0.25, 0.3) is 0 Å². The molecule has 20 heavy (non-hydrogen) atoms. The number of nitrogens with one attached hydrogen (secondary N) is 1. The molecule has 3 heterocycles. The molecule has 1 aromatic rings. The van der Waals surface area contributed by atoms with Crippen molar-refractivity contribution in [2.24, 2.45) is 4.99 Å². The third-order valence-corrected chi connectivity index (χ3v) is 4.58. The van der Waals surface area contributed by atoms with E-state index in [4.69, 9.17) is 11.6 Å². The van der Waals surface area contributed by atoms with Crippen molar-refractivity contribution in [2.45, 2.75) is 37.6 Å². The highest BCUT2D eigenvalue weighted by Gasteiger charge is 2.49. The van der Waals surface area contributed by atoms with Crippen LogP contribution in [0.2, 0.25) is 5.28 Å². The summed E-state index contributed by atoms with van der Waals surface area (Å²) < 4.78 is 0. The zero-order valence-corrected chi connectivity index (χ0v) is 11.7. The van der Waals surface area contributed by atoms with Crippen LogP contribution in [0.4, 0.5) is 11.5 Å². The van der Waals surface area contributed by atoms with Gasteiger partial charge in [-0.1, -0.05) is 19.3 Å². The van der Waals surface area contributed by atoms with Crippen molar-refractivity contribution in [3.05, 3.63) is 11.5 Å². The fraction of sp³-hybridized carbons (Fsp3) is 0.538. The van der Waals surface area contributed by atoms with Gasteiger partial charge in [-0.2, -0.15) is 4.98 Å². The molecular weight excluding hydrogens is 278 g/mol. The van der Waals surface area contributed by atoms with Crippen LogP contribution in [0, 0.1) is 0 Å². The maximum absolute atomic E-state index is 12.2. The van der Waals surface area contributed by atoms with Crippen LogP contribution in [-0.2, 0) is 4.79 Å². The van der Waals surface area contributed by atoms with E-state index in [0.29, 0.717) is 23.9 Å². The van der Waals surface area contributed by atoms with E-state index in [2.05, 4.69) is 20.3 Å². The lowest BCUT2D eigenvalue weighted by molar-refractivity contribution is -0.110. The second kappa shape index (κ2) is 4.15. The van der Waals surface area contributed by atoms with Gasteiger partial charge in [-0.05, 0) is 24.4 Å². The number of hydrogen-bond donors (Lipinski definition) is 1. The highest BCUT2D eigenvalue weighted by Crippen LogP contribution is 2.43. The third-order valence-electron chi connectivity index (χ3n) is 4.40. The number of carbonyl (C=O) groups excluding carboxylic acids is 1. The van der Waals surface area contributed by atoms with E-state index < -0.39 is 0 Å². The lowest BCUT2D eigenvalue weighted by Gasteiger charge is -2.43. The van der Waals surface area contributed by atoms with Gasteiger partial charge in [-0.25, -0.2) is 4.98 Å². The minimum atomic E-state index is -0.175. The van der Waals surface area contributed by atoms with Gasteiger partial charge < -0.3 is 5.32 Å². The summed E-state index contributed by atoms with van der Waals surface area (Å²) in [6.45, 7) is 0.664. The molecule has 1 N–H and O–H groups in total. The summed E-state index contributed by atoms with van der Waals surface area (Å²) in [7, 11) is 0. The van der Waals surface area contributed by atoms with Crippen molar-refractivity contribution in [1.82, 2.24) is 9.97 Å². The molecule has 7 heteroatoms. The largest absolute Gasteiger partial charge is 0.315 e. The maximum Gasteiger partial charge on any atom is 0.291 e. The molecular formula is C13H14ClN5O. The average molecular weight is 292 g/mol. The molecule has 1 spiro atoms. The normalized spacial score (nSPS) is 23.1. The highest BCUT2D eigenvalue weighted by atomic mass is 35.5. The number of nitrogens with zero attached hydrogens (tertiary/aromatic N) is 4. The second-order valence-corrected chi connectivity index (χ2v) is 5.93. The Kier molecular flexibility index (Phi) is 2.51. The van der Waals surface area contributed by atoms with Crippen LogP contribution in [0.15, 0.2) is 11.2 Å². The Balaban J connectivity index is 1.86. The maximum atomic E-state index is 12.2. The molecule has 0 aromatic carbocycles. The molecule has 6 nitrogen and oxygen atoms in total. The molecule has 1 aromatic heterocycles. The molecule has 1 amide bonds. The van der Waals surface area contributed by atoms with E-state index in [-0.39, 0.29) is 16.7 Å². The van der Waals surface area contributed by atoms with Gasteiger partial charge in [0.25, 0.3) is 5.91 Å². The predicted molar refractivity (Wildman–Crippen MR) is 76.3 cm³/mol. The first-order chi connectivity index (χ1) is 9.70. The molecule has 4 rings (SSSR count). The van der Waals surface area contributed by atoms with Crippen molar-refractivity contribution < 1.29 is 4.79 Å². The Hall–Kier alpha value is -1.69. The van der Waals surface area contributed by atoms with E-state index in [1.165, 1.54) is 6.42 Å². The Labute approximate surface area is 121 Å². The summed E-state index contributed by atoms with van der Waals surface area (Å²) in [5.41, 5.74) is 0.516. The van der Waals surface area contributed by atoms with Crippen LogP contribution >= 0.6 is 11.6 Å². The number of rotatable bonds is 0. The van der Waals surface area contributed by atoms with E-state index in [1.54, 1.807) is 6.20 Å². The van der Waals surface area contributed by atoms with Gasteiger partial charge in [0.15, 0.2) is 11.7 Å². The van der Waals surface area contributed by atoms with Crippen LogP contribution < -0.4 is 10.2 Å². The van der Waals surface area contributed by atoms with Crippen LogP contribution in [0.5, 0.6) is 0 Å². The summed E-state index contributed by atoms with van der Waals surface area (Å²) in [5, 5.41) is 2.98. The first kappa shape index (κ1) is 12.1. The quantitative estimate of drug-likeness (QED) is 0.742. The van der Waals surface area contributed by atoms with Gasteiger partial charge in [0, 0.05) is 0 Å². The van der Waals surface area contributed by atoms with E-state index >= 15 is 0 Å². The van der Waals surface area contributed by atoms with Gasteiger partial charge in [0.05, 0.1) is 18.3 Å². The van der Waals surface area contributed by atoms with E-state index in [0.717, 1.165) is 25.7 Å². The third kappa shape index (κ3) is 1.57. The first-order valence-electron chi connectivity index (χ1n) is 6.88. The van der Waals surface area contributed by atoms with Crippen molar-refractivity contribution >= 4 is 34.8 Å². The summed E-state index contributed by atoms with van der Waals surface area (Å²) in [6.07, 6.45) is 7.20. The SMILES string of the molecule is O=C1Nc2cnc(Cl)nc2N2C1=NCC21CCCCC1. The molecule has 3 aliphatic rings. The summed E-state index contributed by atoms with van der Waals surface area (Å²) in [6, 6.07) is 0. The van der Waals surface area contributed by atoms with Crippen LogP contribution in [-0.4, -0.2) is 33.8 Å². The number of amides is 1. The van der Waals surface area contributed by atoms with Gasteiger partial charge >= 0.3 is 0 Å². The monoisotopic (exact) mass is 291 g/mol. The zero-order chi connectivity index (χ0) is 13.7. The summed E-state index contributed by atoms with van der Waals surface area (Å²) in [4.78, 5) is 26.9. The minimum Gasteiger partial charge on any atom is -0.315 e. The zero-order valence-electron chi connectivity index (χ0n) is 10.9. The topological polar surface area (TPSA) is 70.5 Å². The number of aromatic nitrogens is 2. The number of anilines is 2. The molecule has 0 atom stereocenters. The fourth-order valence-corrected chi connectivity index (χ4v) is 3.60. The number of halogens is 1. The number of amidine groups is 1. The van der Waals surface area contributed by atoms with Crippen LogP contribution in [0.1, 0.15) is 32.1 Å². The van der Waals surface area contributed by atoms with Gasteiger partial charge in [0.1, 0.15) is 5.69 Å². The molecule has 104 valence electrons. The Morgan fingerprint density at radius 3 is 2.90 bits per heavy atom. The predicted octanol–water partition coefficient (Wildman–Crippen LogP) is 2.00. The molecule has 0 unspecified atom stereocenters. The standard InChI is InChI=1S/C13H14ClN5O/c14-12-15-6-8-9(18-12)19-10(11(20)17-8)16-7-13(19)4-2-1-3-5-13/h6H,1-5,7H2,(H,17,20). The molecule has 1 fully saturated rings. The molecule has 1 aliphatic carbocycles. The molecule has 0 radical (unpaired) electrons. The minimum absolute atomic E-state index is 0.0994. The summed E-state index contributed by atoms with van der Waals surface area (Å²) in [5.74, 6) is 0.975. The number of fused-ring (bicyclic) bond motifs is 4. The second-order valence-electron chi connectivity index (χ2n) is 5.59. The Morgan fingerprint density at radius 1 is 1.30 bits per heavy atom. The smallest absolute Gasteiger partial charge is 0.291 e. The average Bonchev–Trinajstić information content (AvgIpc) is 2.81. The fourth-order valence-electron chi connectivity index (χ4n) is 3.47. The van der Waals surface area contributed by atoms with Crippen molar-refractivity contribution in [3.8, 4) is 0 Å². The van der Waals surface area contributed by atoms with E-state index in [9.17, 15) is 4.79 Å². The lowest BCUT2D eigenvalue weighted by Crippen LogP contribution is -2.56. The van der Waals surface area contributed by atoms with Crippen LogP contribution in [0.3, 0.4) is 0 Å². The highest BCUT2D eigenvalue weighted by molar-refractivity contribution is 6.49. The molecule has 0 saturated heterocycles. The summed E-state index contributed by atoms with van der Waals surface area (Å²) >= 11 is 5.93. The number of carbonyl (C=O) groups is 1. The molecule has 2 aliphatic heterocycles. The van der Waals surface area contributed by atoms with Gasteiger partial charge in [-0.3, -0.25) is 14.7 Å². The van der Waals surface area contributed by atoms with Crippen molar-refractivity contribution in [2.75, 3.05) is 16.8 Å². The number of aliphatic imine (C=N–C) groups is 1. The van der Waals surface area contributed by atoms with Gasteiger partial charge in [0.2, 0.25) is 5.28 Å². The van der Waals surface area contributed by atoms with Crippen molar-refractivity contribution in [1.29, 1.82) is 0 Å². The van der Waals surface area contributed by atoms with Gasteiger partial charge in [-0.15, -0.1) is 0 Å². The number of hydrogen-bond acceptors (Lipinski definition) is 5. The Morgan fingerprint density at radius 2 is 2.10 bits per heavy atom. The van der Waals surface area contributed by atoms with Crippen molar-refractivity contribution in [3.63, 3.8) is 0 Å². The molecule has 0 bridgehead atoms. The van der Waals surface area contributed by atoms with E-state index in [1.807, 2.05) is 4.90 Å². The molecule has 1 saturated carbocycles.